The standard InChI is InChI=1S/C19H24N4O/c1-13-8-10-23(11-9-13)19(24)17-12-18(21-15(3)20-17)22-16-7-5-4-6-14(16)2/h4-7,12-13H,8-11H2,1-3H3,(H,20,21,22). The summed E-state index contributed by atoms with van der Waals surface area (Å²) >= 11 is 0. The van der Waals surface area contributed by atoms with Crippen molar-refractivity contribution in [2.24, 2.45) is 5.92 Å². The summed E-state index contributed by atoms with van der Waals surface area (Å²) < 4.78 is 0. The third kappa shape index (κ3) is 3.72. The number of aryl methyl sites for hydroxylation is 2. The molecule has 126 valence electrons. The number of amides is 1. The number of carbonyl (C=O) groups is 1. The van der Waals surface area contributed by atoms with Crippen LogP contribution < -0.4 is 5.32 Å². The summed E-state index contributed by atoms with van der Waals surface area (Å²) in [6, 6.07) is 9.76. The smallest absolute Gasteiger partial charge is 0.272 e. The third-order valence-corrected chi connectivity index (χ3v) is 4.54. The van der Waals surface area contributed by atoms with E-state index in [0.717, 1.165) is 37.2 Å². The van der Waals surface area contributed by atoms with Crippen LogP contribution >= 0.6 is 0 Å². The summed E-state index contributed by atoms with van der Waals surface area (Å²) in [6.07, 6.45) is 2.12. The van der Waals surface area contributed by atoms with Gasteiger partial charge in [0.2, 0.25) is 0 Å². The largest absolute Gasteiger partial charge is 0.340 e. The Balaban J connectivity index is 1.81. The van der Waals surface area contributed by atoms with Gasteiger partial charge in [-0.3, -0.25) is 4.79 Å². The van der Waals surface area contributed by atoms with Gasteiger partial charge in [0.1, 0.15) is 17.3 Å². The van der Waals surface area contributed by atoms with Crippen LogP contribution in [0.3, 0.4) is 0 Å². The molecule has 5 nitrogen and oxygen atoms in total. The highest BCUT2D eigenvalue weighted by atomic mass is 16.2. The van der Waals surface area contributed by atoms with Gasteiger partial charge in [-0.1, -0.05) is 25.1 Å². The first-order valence-electron chi connectivity index (χ1n) is 8.50. The normalized spacial score (nSPS) is 15.4. The van der Waals surface area contributed by atoms with Gasteiger partial charge in [-0.15, -0.1) is 0 Å². The van der Waals surface area contributed by atoms with Crippen molar-refractivity contribution in [1.29, 1.82) is 0 Å². The lowest BCUT2D eigenvalue weighted by Crippen LogP contribution is -2.38. The molecule has 0 atom stereocenters. The van der Waals surface area contributed by atoms with E-state index >= 15 is 0 Å². The molecule has 1 N–H and O–H groups in total. The number of aromatic nitrogens is 2. The van der Waals surface area contributed by atoms with Gasteiger partial charge >= 0.3 is 0 Å². The predicted octanol–water partition coefficient (Wildman–Crippen LogP) is 3.71. The Morgan fingerprint density at radius 1 is 1.17 bits per heavy atom. The van der Waals surface area contributed by atoms with E-state index in [1.54, 1.807) is 6.07 Å². The van der Waals surface area contributed by atoms with Crippen LogP contribution in [0.1, 0.15) is 41.6 Å². The van der Waals surface area contributed by atoms with Crippen LogP contribution in [0, 0.1) is 19.8 Å². The third-order valence-electron chi connectivity index (χ3n) is 4.54. The summed E-state index contributed by atoms with van der Waals surface area (Å²) in [4.78, 5) is 23.4. The van der Waals surface area contributed by atoms with E-state index in [9.17, 15) is 4.79 Å². The molecule has 1 amide bonds. The SMILES string of the molecule is Cc1nc(Nc2ccccc2C)cc(C(=O)N2CCC(C)CC2)n1. The van der Waals surface area contributed by atoms with Gasteiger partial charge in [-0.05, 0) is 44.2 Å². The zero-order valence-electron chi connectivity index (χ0n) is 14.5. The quantitative estimate of drug-likeness (QED) is 0.935. The second kappa shape index (κ2) is 6.99. The fourth-order valence-corrected chi connectivity index (χ4v) is 2.97. The van der Waals surface area contributed by atoms with Gasteiger partial charge in [0.15, 0.2) is 0 Å². The number of para-hydroxylation sites is 1. The average Bonchev–Trinajstić information content (AvgIpc) is 2.56. The Morgan fingerprint density at radius 3 is 2.58 bits per heavy atom. The van der Waals surface area contributed by atoms with E-state index in [-0.39, 0.29) is 5.91 Å². The maximum Gasteiger partial charge on any atom is 0.272 e. The minimum Gasteiger partial charge on any atom is -0.340 e. The van der Waals surface area contributed by atoms with Gasteiger partial charge in [-0.25, -0.2) is 9.97 Å². The maximum absolute atomic E-state index is 12.7. The van der Waals surface area contributed by atoms with Crippen molar-refractivity contribution in [2.45, 2.75) is 33.6 Å². The monoisotopic (exact) mass is 324 g/mol. The summed E-state index contributed by atoms with van der Waals surface area (Å²) in [6.45, 7) is 7.71. The van der Waals surface area contributed by atoms with E-state index in [1.165, 1.54) is 0 Å². The molecule has 1 aliphatic rings. The molecule has 0 aliphatic carbocycles. The second-order valence-corrected chi connectivity index (χ2v) is 6.60. The highest BCUT2D eigenvalue weighted by molar-refractivity contribution is 5.93. The van der Waals surface area contributed by atoms with E-state index in [4.69, 9.17) is 0 Å². The van der Waals surface area contributed by atoms with Crippen molar-refractivity contribution >= 4 is 17.4 Å². The van der Waals surface area contributed by atoms with Crippen LogP contribution in [0.25, 0.3) is 0 Å². The summed E-state index contributed by atoms with van der Waals surface area (Å²) in [7, 11) is 0. The van der Waals surface area contributed by atoms with E-state index < -0.39 is 0 Å². The molecule has 5 heteroatoms. The van der Waals surface area contributed by atoms with Crippen molar-refractivity contribution in [3.63, 3.8) is 0 Å². The topological polar surface area (TPSA) is 58.1 Å². The number of carbonyl (C=O) groups excluding carboxylic acids is 1. The molecule has 1 aliphatic heterocycles. The number of nitrogens with zero attached hydrogens (tertiary/aromatic N) is 3. The fourth-order valence-electron chi connectivity index (χ4n) is 2.97. The highest BCUT2D eigenvalue weighted by Crippen LogP contribution is 2.21. The van der Waals surface area contributed by atoms with Crippen molar-refractivity contribution in [3.05, 3.63) is 47.4 Å². The Labute approximate surface area is 143 Å². The number of likely N-dealkylation sites (tertiary alicyclic amines) is 1. The first-order valence-corrected chi connectivity index (χ1v) is 8.50. The number of piperidine rings is 1. The van der Waals surface area contributed by atoms with Crippen LogP contribution in [0.5, 0.6) is 0 Å². The van der Waals surface area contributed by atoms with Crippen molar-refractivity contribution < 1.29 is 4.79 Å². The maximum atomic E-state index is 12.7. The molecule has 1 aromatic heterocycles. The van der Waals surface area contributed by atoms with Gasteiger partial charge in [0, 0.05) is 24.8 Å². The Bertz CT molecular complexity index is 736. The predicted molar refractivity (Wildman–Crippen MR) is 95.5 cm³/mol. The molecule has 3 rings (SSSR count). The number of anilines is 2. The van der Waals surface area contributed by atoms with Crippen molar-refractivity contribution in [3.8, 4) is 0 Å². The molecular formula is C19H24N4O. The fraction of sp³-hybridized carbons (Fsp3) is 0.421. The molecule has 0 saturated carbocycles. The Morgan fingerprint density at radius 2 is 1.88 bits per heavy atom. The molecular weight excluding hydrogens is 300 g/mol. The van der Waals surface area contributed by atoms with Crippen molar-refractivity contribution in [2.75, 3.05) is 18.4 Å². The first-order chi connectivity index (χ1) is 11.5. The van der Waals surface area contributed by atoms with Gasteiger partial charge in [0.25, 0.3) is 5.91 Å². The molecule has 0 bridgehead atoms. The minimum atomic E-state index is 0.000216. The number of rotatable bonds is 3. The van der Waals surface area contributed by atoms with E-state index in [1.807, 2.05) is 43.0 Å². The summed E-state index contributed by atoms with van der Waals surface area (Å²) in [5, 5.41) is 3.30. The van der Waals surface area contributed by atoms with Crippen LogP contribution in [0.4, 0.5) is 11.5 Å². The lowest BCUT2D eigenvalue weighted by Gasteiger charge is -2.30. The molecule has 1 aromatic carbocycles. The highest BCUT2D eigenvalue weighted by Gasteiger charge is 2.23. The van der Waals surface area contributed by atoms with Crippen molar-refractivity contribution in [1.82, 2.24) is 14.9 Å². The molecule has 1 fully saturated rings. The Kier molecular flexibility index (Phi) is 4.79. The molecule has 2 aromatic rings. The lowest BCUT2D eigenvalue weighted by atomic mass is 9.99. The molecule has 0 radical (unpaired) electrons. The lowest BCUT2D eigenvalue weighted by molar-refractivity contribution is 0.0691. The summed E-state index contributed by atoms with van der Waals surface area (Å²) in [5.41, 5.74) is 2.58. The molecule has 0 spiro atoms. The summed E-state index contributed by atoms with van der Waals surface area (Å²) in [5.74, 6) is 1.95. The first kappa shape index (κ1) is 16.4. The van der Waals surface area contributed by atoms with E-state index in [0.29, 0.717) is 23.3 Å². The van der Waals surface area contributed by atoms with Gasteiger partial charge in [0.05, 0.1) is 0 Å². The average molecular weight is 324 g/mol. The van der Waals surface area contributed by atoms with Crippen LogP contribution in [-0.2, 0) is 0 Å². The molecule has 24 heavy (non-hydrogen) atoms. The van der Waals surface area contributed by atoms with Gasteiger partial charge < -0.3 is 10.2 Å². The zero-order chi connectivity index (χ0) is 17.1. The molecule has 0 unspecified atom stereocenters. The molecule has 2 heterocycles. The van der Waals surface area contributed by atoms with Crippen LogP contribution in [-0.4, -0.2) is 33.9 Å². The number of hydrogen-bond acceptors (Lipinski definition) is 4. The minimum absolute atomic E-state index is 0.000216. The zero-order valence-corrected chi connectivity index (χ0v) is 14.5. The Hall–Kier alpha value is -2.43. The van der Waals surface area contributed by atoms with Gasteiger partial charge in [-0.2, -0.15) is 0 Å². The van der Waals surface area contributed by atoms with Crippen LogP contribution in [0.15, 0.2) is 30.3 Å². The number of hydrogen-bond donors (Lipinski definition) is 1. The molecule has 1 saturated heterocycles. The van der Waals surface area contributed by atoms with Crippen LogP contribution in [0.2, 0.25) is 0 Å². The second-order valence-electron chi connectivity index (χ2n) is 6.60. The van der Waals surface area contributed by atoms with E-state index in [2.05, 4.69) is 22.2 Å². The number of benzene rings is 1. The number of nitrogens with one attached hydrogen (secondary N) is 1.